The van der Waals surface area contributed by atoms with Crippen molar-refractivity contribution in [3.8, 4) is 5.75 Å². The molecule has 1 unspecified atom stereocenters. The van der Waals surface area contributed by atoms with Gasteiger partial charge in [-0.3, -0.25) is 9.88 Å². The molecule has 0 saturated heterocycles. The molecule has 27 heavy (non-hydrogen) atoms. The summed E-state index contributed by atoms with van der Waals surface area (Å²) in [4.78, 5) is 6.80. The molecule has 1 heterocycles. The highest BCUT2D eigenvalue weighted by molar-refractivity contribution is 5.91. The van der Waals surface area contributed by atoms with Crippen molar-refractivity contribution in [1.82, 2.24) is 9.88 Å². The molecule has 0 radical (unpaired) electrons. The number of benzene rings is 1. The number of aromatic nitrogens is 1. The third-order valence-corrected chi connectivity index (χ3v) is 4.45. The third-order valence-electron chi connectivity index (χ3n) is 4.45. The molecule has 0 fully saturated rings. The van der Waals surface area contributed by atoms with Crippen molar-refractivity contribution in [2.45, 2.75) is 46.3 Å². The summed E-state index contributed by atoms with van der Waals surface area (Å²) >= 11 is 0. The Morgan fingerprint density at radius 2 is 1.96 bits per heavy atom. The summed E-state index contributed by atoms with van der Waals surface area (Å²) in [5, 5.41) is 15.3. The molecule has 1 atom stereocenters. The van der Waals surface area contributed by atoms with E-state index < -0.39 is 5.60 Å². The highest BCUT2D eigenvalue weighted by Crippen LogP contribution is 2.28. The number of nitrogens with one attached hydrogen (secondary N) is 1. The Kier molecular flexibility index (Phi) is 8.79. The Morgan fingerprint density at radius 1 is 1.26 bits per heavy atom. The van der Waals surface area contributed by atoms with Gasteiger partial charge in [0.1, 0.15) is 5.75 Å². The van der Waals surface area contributed by atoms with Crippen LogP contribution in [0, 0.1) is 5.92 Å². The van der Waals surface area contributed by atoms with Gasteiger partial charge in [0, 0.05) is 43.3 Å². The van der Waals surface area contributed by atoms with Crippen molar-refractivity contribution in [1.29, 1.82) is 0 Å². The molecule has 0 saturated carbocycles. The normalized spacial score (nSPS) is 13.7. The van der Waals surface area contributed by atoms with Gasteiger partial charge < -0.3 is 15.2 Å². The number of methoxy groups -OCH3 is 1. The number of hydrogen-bond donors (Lipinski definition) is 2. The van der Waals surface area contributed by atoms with E-state index in [1.54, 1.807) is 13.3 Å². The van der Waals surface area contributed by atoms with E-state index in [4.69, 9.17) is 4.74 Å². The fourth-order valence-electron chi connectivity index (χ4n) is 3.12. The van der Waals surface area contributed by atoms with Crippen molar-refractivity contribution >= 4 is 29.0 Å². The first kappa shape index (κ1) is 23.5. The summed E-state index contributed by atoms with van der Waals surface area (Å²) in [7, 11) is 1.66. The first-order chi connectivity index (χ1) is 12.2. The van der Waals surface area contributed by atoms with Gasteiger partial charge in [-0.1, -0.05) is 19.9 Å². The van der Waals surface area contributed by atoms with Crippen molar-refractivity contribution in [3.05, 3.63) is 30.5 Å². The number of anilines is 1. The third kappa shape index (κ3) is 6.83. The largest absolute Gasteiger partial charge is 0.497 e. The molecule has 0 aliphatic carbocycles. The SMILES string of the molecule is COc1cc(NCC(C)(O)CN(CC(C)C)C(C)C)c2ncccc2c1.Cl. The number of rotatable bonds is 9. The number of aliphatic hydroxyl groups is 1. The molecular formula is C21H34ClN3O2. The average molecular weight is 396 g/mol. The molecule has 1 aromatic heterocycles. The maximum atomic E-state index is 11.0. The van der Waals surface area contributed by atoms with Crippen LogP contribution in [0.15, 0.2) is 30.5 Å². The quantitative estimate of drug-likeness (QED) is 0.666. The minimum Gasteiger partial charge on any atom is -0.497 e. The maximum Gasteiger partial charge on any atom is 0.121 e. The zero-order chi connectivity index (χ0) is 19.3. The second kappa shape index (κ2) is 10.1. The van der Waals surface area contributed by atoms with Gasteiger partial charge in [0.15, 0.2) is 0 Å². The summed E-state index contributed by atoms with van der Waals surface area (Å²) in [5.74, 6) is 1.34. The summed E-state index contributed by atoms with van der Waals surface area (Å²) in [5.41, 5.74) is 0.899. The van der Waals surface area contributed by atoms with Crippen molar-refractivity contribution in [2.24, 2.45) is 5.92 Å². The molecule has 0 spiro atoms. The van der Waals surface area contributed by atoms with E-state index in [0.717, 1.165) is 28.9 Å². The highest BCUT2D eigenvalue weighted by atomic mass is 35.5. The Morgan fingerprint density at radius 3 is 2.56 bits per heavy atom. The molecule has 0 bridgehead atoms. The van der Waals surface area contributed by atoms with Crippen LogP contribution in [0.25, 0.3) is 10.9 Å². The van der Waals surface area contributed by atoms with Crippen LogP contribution in [-0.2, 0) is 0 Å². The number of hydrogen-bond acceptors (Lipinski definition) is 5. The molecule has 152 valence electrons. The molecule has 5 nitrogen and oxygen atoms in total. The summed E-state index contributed by atoms with van der Waals surface area (Å²) in [6, 6.07) is 8.21. The lowest BCUT2D eigenvalue weighted by molar-refractivity contribution is 0.0169. The molecule has 0 amide bonds. The van der Waals surface area contributed by atoms with E-state index in [1.165, 1.54) is 0 Å². The predicted octanol–water partition coefficient (Wildman–Crippen LogP) is 4.19. The van der Waals surface area contributed by atoms with Gasteiger partial charge in [0.25, 0.3) is 0 Å². The van der Waals surface area contributed by atoms with E-state index in [-0.39, 0.29) is 12.4 Å². The number of fused-ring (bicyclic) bond motifs is 1. The maximum absolute atomic E-state index is 11.0. The lowest BCUT2D eigenvalue weighted by Crippen LogP contribution is -2.48. The number of ether oxygens (including phenoxy) is 1. The van der Waals surface area contributed by atoms with Crippen LogP contribution in [0.4, 0.5) is 5.69 Å². The summed E-state index contributed by atoms with van der Waals surface area (Å²) in [6.45, 7) is 12.7. The van der Waals surface area contributed by atoms with Crippen molar-refractivity contribution in [2.75, 3.05) is 32.1 Å². The van der Waals surface area contributed by atoms with Crippen molar-refractivity contribution in [3.63, 3.8) is 0 Å². The van der Waals surface area contributed by atoms with E-state index in [9.17, 15) is 5.11 Å². The fourth-order valence-corrected chi connectivity index (χ4v) is 3.12. The number of nitrogens with zero attached hydrogens (tertiary/aromatic N) is 2. The van der Waals surface area contributed by atoms with Gasteiger partial charge in [0.2, 0.25) is 0 Å². The van der Waals surface area contributed by atoms with Gasteiger partial charge in [0.05, 0.1) is 23.9 Å². The first-order valence-electron chi connectivity index (χ1n) is 9.35. The minimum absolute atomic E-state index is 0. The van der Waals surface area contributed by atoms with Crippen LogP contribution in [0.5, 0.6) is 5.75 Å². The molecule has 1 aromatic carbocycles. The van der Waals surface area contributed by atoms with Gasteiger partial charge in [-0.25, -0.2) is 0 Å². The van der Waals surface area contributed by atoms with E-state index >= 15 is 0 Å². The second-order valence-corrected chi connectivity index (χ2v) is 8.02. The van der Waals surface area contributed by atoms with Gasteiger partial charge in [-0.05, 0) is 38.8 Å². The fraction of sp³-hybridized carbons (Fsp3) is 0.571. The van der Waals surface area contributed by atoms with E-state index in [0.29, 0.717) is 25.0 Å². The number of pyridine rings is 1. The average Bonchev–Trinajstić information content (AvgIpc) is 2.58. The lowest BCUT2D eigenvalue weighted by Gasteiger charge is -2.35. The zero-order valence-electron chi connectivity index (χ0n) is 17.3. The monoisotopic (exact) mass is 395 g/mol. The Bertz CT molecular complexity index is 720. The molecule has 2 N–H and O–H groups in total. The Labute approximate surface area is 169 Å². The second-order valence-electron chi connectivity index (χ2n) is 8.02. The van der Waals surface area contributed by atoms with E-state index in [2.05, 4.69) is 42.9 Å². The Balaban J connectivity index is 0.00000364. The highest BCUT2D eigenvalue weighted by Gasteiger charge is 2.26. The van der Waals surface area contributed by atoms with Crippen LogP contribution in [0.3, 0.4) is 0 Å². The molecule has 2 aromatic rings. The zero-order valence-corrected chi connectivity index (χ0v) is 18.1. The summed E-state index contributed by atoms with van der Waals surface area (Å²) < 4.78 is 5.40. The smallest absolute Gasteiger partial charge is 0.121 e. The molecular weight excluding hydrogens is 362 g/mol. The molecule has 6 heteroatoms. The Hall–Kier alpha value is -1.56. The van der Waals surface area contributed by atoms with Crippen LogP contribution in [0.2, 0.25) is 0 Å². The molecule has 2 rings (SSSR count). The predicted molar refractivity (Wildman–Crippen MR) is 116 cm³/mol. The lowest BCUT2D eigenvalue weighted by atomic mass is 10.0. The molecule has 0 aliphatic rings. The van der Waals surface area contributed by atoms with Crippen LogP contribution >= 0.6 is 12.4 Å². The van der Waals surface area contributed by atoms with Gasteiger partial charge in [-0.15, -0.1) is 12.4 Å². The standard InChI is InChI=1S/C21H33N3O2.ClH/c1-15(2)12-24(16(3)4)14-21(5,25)13-23-19-11-18(26-6)10-17-8-7-9-22-20(17)19;/h7-11,15-16,23,25H,12-14H2,1-6H3;1H. The molecule has 0 aliphatic heterocycles. The van der Waals surface area contributed by atoms with Crippen LogP contribution in [-0.4, -0.2) is 53.4 Å². The van der Waals surface area contributed by atoms with Gasteiger partial charge in [-0.2, -0.15) is 0 Å². The minimum atomic E-state index is -0.858. The van der Waals surface area contributed by atoms with Crippen molar-refractivity contribution < 1.29 is 9.84 Å². The van der Waals surface area contributed by atoms with Gasteiger partial charge >= 0.3 is 0 Å². The first-order valence-corrected chi connectivity index (χ1v) is 9.35. The van der Waals surface area contributed by atoms with Crippen LogP contribution in [0.1, 0.15) is 34.6 Å². The number of halogens is 1. The van der Waals surface area contributed by atoms with E-state index in [1.807, 2.05) is 31.2 Å². The topological polar surface area (TPSA) is 57.6 Å². The van der Waals surface area contributed by atoms with Crippen LogP contribution < -0.4 is 10.1 Å². The summed E-state index contributed by atoms with van der Waals surface area (Å²) in [6.07, 6.45) is 1.78.